The van der Waals surface area contributed by atoms with Crippen LogP contribution in [0.15, 0.2) is 23.1 Å². The fourth-order valence-corrected chi connectivity index (χ4v) is 3.74. The van der Waals surface area contributed by atoms with Crippen LogP contribution in [-0.4, -0.2) is 22.5 Å². The zero-order chi connectivity index (χ0) is 14.3. The molecule has 0 aromatic heterocycles. The Bertz CT molecular complexity index is 417. The van der Waals surface area contributed by atoms with Gasteiger partial charge in [-0.3, -0.25) is 4.21 Å². The predicted molar refractivity (Wildman–Crippen MR) is 84.2 cm³/mol. The zero-order valence-electron chi connectivity index (χ0n) is 12.7. The summed E-state index contributed by atoms with van der Waals surface area (Å²) in [4.78, 5) is 0.991. The Balaban J connectivity index is 2.69. The molecule has 0 radical (unpaired) electrons. The van der Waals surface area contributed by atoms with Crippen molar-refractivity contribution in [1.82, 2.24) is 5.32 Å². The third kappa shape index (κ3) is 5.45. The van der Waals surface area contributed by atoms with Crippen molar-refractivity contribution >= 4 is 10.8 Å². The fourth-order valence-electron chi connectivity index (χ4n) is 2.27. The minimum atomic E-state index is -0.901. The summed E-state index contributed by atoms with van der Waals surface area (Å²) in [5, 5.41) is 3.51. The van der Waals surface area contributed by atoms with Crippen molar-refractivity contribution in [1.29, 1.82) is 0 Å². The minimum Gasteiger partial charge on any atom is -0.313 e. The summed E-state index contributed by atoms with van der Waals surface area (Å²) in [6.07, 6.45) is 3.35. The van der Waals surface area contributed by atoms with Crippen LogP contribution in [0.25, 0.3) is 0 Å². The van der Waals surface area contributed by atoms with E-state index < -0.39 is 10.8 Å². The van der Waals surface area contributed by atoms with Gasteiger partial charge in [-0.25, -0.2) is 0 Å². The molecule has 3 heteroatoms. The molecule has 0 heterocycles. The molecule has 1 N–H and O–H groups in total. The van der Waals surface area contributed by atoms with Crippen LogP contribution in [-0.2, 0) is 10.8 Å². The van der Waals surface area contributed by atoms with Gasteiger partial charge in [-0.1, -0.05) is 38.0 Å². The maximum absolute atomic E-state index is 12.5. The first-order chi connectivity index (χ1) is 9.08. The number of aryl methyl sites for hydroxylation is 2. The van der Waals surface area contributed by atoms with Gasteiger partial charge in [0.25, 0.3) is 0 Å². The number of benzene rings is 1. The SMILES string of the molecule is CCCNC(CCC)CS(=O)c1ccc(C)cc1C. The first-order valence-corrected chi connectivity index (χ1v) is 8.59. The molecule has 1 rings (SSSR count). The summed E-state index contributed by atoms with van der Waals surface area (Å²) >= 11 is 0. The lowest BCUT2D eigenvalue weighted by molar-refractivity contribution is 0.510. The summed E-state index contributed by atoms with van der Waals surface area (Å²) in [7, 11) is -0.901. The van der Waals surface area contributed by atoms with Crippen molar-refractivity contribution in [2.45, 2.75) is 57.9 Å². The molecule has 1 aromatic carbocycles. The number of hydrogen-bond acceptors (Lipinski definition) is 2. The van der Waals surface area contributed by atoms with Gasteiger partial charge in [0.1, 0.15) is 0 Å². The second-order valence-electron chi connectivity index (χ2n) is 5.22. The van der Waals surface area contributed by atoms with Gasteiger partial charge in [0.2, 0.25) is 0 Å². The van der Waals surface area contributed by atoms with Gasteiger partial charge in [0.15, 0.2) is 0 Å². The van der Waals surface area contributed by atoms with E-state index in [4.69, 9.17) is 0 Å². The molecule has 0 aliphatic rings. The van der Waals surface area contributed by atoms with Gasteiger partial charge in [0.05, 0.1) is 10.8 Å². The average Bonchev–Trinajstić information content (AvgIpc) is 2.36. The standard InChI is InChI=1S/C16H27NOS/c1-5-7-15(17-10-6-2)12-19(18)16-9-8-13(3)11-14(16)4/h8-9,11,15,17H,5-7,10,12H2,1-4H3. The van der Waals surface area contributed by atoms with E-state index in [1.54, 1.807) is 0 Å². The van der Waals surface area contributed by atoms with Crippen molar-refractivity contribution in [3.05, 3.63) is 29.3 Å². The van der Waals surface area contributed by atoms with Crippen molar-refractivity contribution in [3.8, 4) is 0 Å². The highest BCUT2D eigenvalue weighted by Crippen LogP contribution is 2.16. The summed E-state index contributed by atoms with van der Waals surface area (Å²) in [6, 6.07) is 6.55. The van der Waals surface area contributed by atoms with Crippen molar-refractivity contribution in [2.24, 2.45) is 0 Å². The number of nitrogens with one attached hydrogen (secondary N) is 1. The van der Waals surface area contributed by atoms with Gasteiger partial charge < -0.3 is 5.32 Å². The van der Waals surface area contributed by atoms with E-state index in [1.807, 2.05) is 6.07 Å². The molecular weight excluding hydrogens is 254 g/mol. The van der Waals surface area contributed by atoms with E-state index in [1.165, 1.54) is 5.56 Å². The van der Waals surface area contributed by atoms with E-state index in [-0.39, 0.29) is 0 Å². The topological polar surface area (TPSA) is 29.1 Å². The first kappa shape index (κ1) is 16.4. The molecule has 0 fully saturated rings. The highest BCUT2D eigenvalue weighted by atomic mass is 32.2. The molecule has 0 aliphatic heterocycles. The molecule has 2 unspecified atom stereocenters. The molecule has 0 spiro atoms. The maximum Gasteiger partial charge on any atom is 0.0547 e. The average molecular weight is 281 g/mol. The Hall–Kier alpha value is -0.670. The minimum absolute atomic E-state index is 0.367. The summed E-state index contributed by atoms with van der Waals surface area (Å²) in [5.74, 6) is 0.720. The molecule has 2 nitrogen and oxygen atoms in total. The Kier molecular flexibility index (Phi) is 7.32. The quantitative estimate of drug-likeness (QED) is 0.789. The number of hydrogen-bond donors (Lipinski definition) is 1. The van der Waals surface area contributed by atoms with Crippen LogP contribution < -0.4 is 5.32 Å². The van der Waals surface area contributed by atoms with E-state index >= 15 is 0 Å². The largest absolute Gasteiger partial charge is 0.313 e. The maximum atomic E-state index is 12.5. The lowest BCUT2D eigenvalue weighted by atomic mass is 10.2. The molecule has 2 atom stereocenters. The normalized spacial score (nSPS) is 14.3. The van der Waals surface area contributed by atoms with Crippen LogP contribution in [0.2, 0.25) is 0 Å². The molecule has 1 aromatic rings. The van der Waals surface area contributed by atoms with Gasteiger partial charge in [-0.05, 0) is 44.9 Å². The third-order valence-corrected chi connectivity index (χ3v) is 4.90. The lowest BCUT2D eigenvalue weighted by Gasteiger charge is -2.18. The monoisotopic (exact) mass is 281 g/mol. The van der Waals surface area contributed by atoms with Crippen LogP contribution in [0.1, 0.15) is 44.2 Å². The molecule has 0 amide bonds. The van der Waals surface area contributed by atoms with Crippen LogP contribution in [0, 0.1) is 13.8 Å². The number of rotatable bonds is 8. The van der Waals surface area contributed by atoms with Crippen molar-refractivity contribution in [2.75, 3.05) is 12.3 Å². The van der Waals surface area contributed by atoms with Crippen LogP contribution in [0.3, 0.4) is 0 Å². The van der Waals surface area contributed by atoms with Crippen LogP contribution in [0.5, 0.6) is 0 Å². The van der Waals surface area contributed by atoms with Crippen LogP contribution >= 0.6 is 0 Å². The van der Waals surface area contributed by atoms with E-state index in [0.717, 1.165) is 42.0 Å². The predicted octanol–water partition coefficient (Wildman–Crippen LogP) is 3.58. The smallest absolute Gasteiger partial charge is 0.0547 e. The molecule has 0 bridgehead atoms. The molecule has 19 heavy (non-hydrogen) atoms. The van der Waals surface area contributed by atoms with E-state index in [0.29, 0.717) is 6.04 Å². The zero-order valence-corrected chi connectivity index (χ0v) is 13.5. The second kappa shape index (κ2) is 8.49. The molecule has 108 valence electrons. The van der Waals surface area contributed by atoms with Crippen molar-refractivity contribution in [3.63, 3.8) is 0 Å². The summed E-state index contributed by atoms with van der Waals surface area (Å²) < 4.78 is 12.5. The molecule has 0 aliphatic carbocycles. The Morgan fingerprint density at radius 3 is 2.53 bits per heavy atom. The van der Waals surface area contributed by atoms with Crippen LogP contribution in [0.4, 0.5) is 0 Å². The third-order valence-electron chi connectivity index (χ3n) is 3.25. The van der Waals surface area contributed by atoms with Gasteiger partial charge in [0, 0.05) is 16.7 Å². The van der Waals surface area contributed by atoms with E-state index in [9.17, 15) is 4.21 Å². The molecule has 0 saturated carbocycles. The Morgan fingerprint density at radius 2 is 1.95 bits per heavy atom. The fraction of sp³-hybridized carbons (Fsp3) is 0.625. The van der Waals surface area contributed by atoms with Gasteiger partial charge in [-0.2, -0.15) is 0 Å². The van der Waals surface area contributed by atoms with Gasteiger partial charge in [-0.15, -0.1) is 0 Å². The molecular formula is C16H27NOS. The van der Waals surface area contributed by atoms with Crippen molar-refractivity contribution < 1.29 is 4.21 Å². The summed E-state index contributed by atoms with van der Waals surface area (Å²) in [6.45, 7) is 9.48. The lowest BCUT2D eigenvalue weighted by Crippen LogP contribution is -2.34. The second-order valence-corrected chi connectivity index (χ2v) is 6.69. The molecule has 0 saturated heterocycles. The summed E-state index contributed by atoms with van der Waals surface area (Å²) in [5.41, 5.74) is 2.37. The van der Waals surface area contributed by atoms with Gasteiger partial charge >= 0.3 is 0 Å². The highest BCUT2D eigenvalue weighted by molar-refractivity contribution is 7.85. The Labute approximate surface area is 120 Å². The highest BCUT2D eigenvalue weighted by Gasteiger charge is 2.14. The first-order valence-electron chi connectivity index (χ1n) is 7.27. The Morgan fingerprint density at radius 1 is 1.21 bits per heavy atom. The van der Waals surface area contributed by atoms with E-state index in [2.05, 4.69) is 45.1 Å².